The monoisotopic (exact) mass is 467 g/mol. The number of aromatic nitrogens is 2. The zero-order valence-corrected chi connectivity index (χ0v) is 19.1. The van der Waals surface area contributed by atoms with Gasteiger partial charge in [-0.05, 0) is 54.8 Å². The molecule has 1 atom stereocenters. The molecule has 2 aromatic carbocycles. The highest BCUT2D eigenvalue weighted by atomic mass is 32.2. The summed E-state index contributed by atoms with van der Waals surface area (Å²) in [5.41, 5.74) is 2.89. The van der Waals surface area contributed by atoms with Crippen molar-refractivity contribution in [2.75, 3.05) is 10.5 Å². The van der Waals surface area contributed by atoms with Crippen molar-refractivity contribution >= 4 is 33.9 Å². The molecule has 0 bridgehead atoms. The lowest BCUT2D eigenvalue weighted by atomic mass is 9.98. The average molecular weight is 468 g/mol. The number of aryl methyl sites for hydroxylation is 1. The van der Waals surface area contributed by atoms with Crippen LogP contribution in [0.5, 0.6) is 0 Å². The molecule has 0 saturated carbocycles. The Morgan fingerprint density at radius 2 is 2.00 bits per heavy atom. The summed E-state index contributed by atoms with van der Waals surface area (Å²) in [5.74, 6) is -1.20. The van der Waals surface area contributed by atoms with Gasteiger partial charge in [0.15, 0.2) is 11.6 Å². The Morgan fingerprint density at radius 1 is 1.18 bits per heavy atom. The van der Waals surface area contributed by atoms with Crippen LogP contribution in [0.4, 0.5) is 14.5 Å². The maximum Gasteiger partial charge on any atom is 0.198 e. The Bertz CT molecular complexity index is 1320. The molecular formula is C25H23F2N3O2S. The first kappa shape index (κ1) is 22.9. The van der Waals surface area contributed by atoms with Crippen LogP contribution in [0.2, 0.25) is 0 Å². The van der Waals surface area contributed by atoms with Crippen LogP contribution in [0.25, 0.3) is 22.2 Å². The number of rotatable bonds is 8. The van der Waals surface area contributed by atoms with Crippen molar-refractivity contribution in [2.45, 2.75) is 26.7 Å². The molecule has 4 aromatic rings. The van der Waals surface area contributed by atoms with E-state index in [2.05, 4.69) is 14.7 Å². The Morgan fingerprint density at radius 3 is 2.76 bits per heavy atom. The highest BCUT2D eigenvalue weighted by Gasteiger charge is 2.22. The van der Waals surface area contributed by atoms with Gasteiger partial charge < -0.3 is 9.54 Å². The number of benzene rings is 2. The van der Waals surface area contributed by atoms with E-state index in [-0.39, 0.29) is 22.6 Å². The summed E-state index contributed by atoms with van der Waals surface area (Å²) in [5, 5.41) is 0.533. The molecule has 4 rings (SSSR count). The number of anilines is 1. The number of aromatic amines is 1. The van der Waals surface area contributed by atoms with Gasteiger partial charge in [-0.3, -0.25) is 4.79 Å². The fourth-order valence-corrected chi connectivity index (χ4v) is 4.73. The van der Waals surface area contributed by atoms with Crippen LogP contribution in [0.15, 0.2) is 54.9 Å². The summed E-state index contributed by atoms with van der Waals surface area (Å²) in [4.78, 5) is 20.6. The first-order chi connectivity index (χ1) is 15.9. The fraction of sp³-hybridized carbons (Fsp3) is 0.200. The number of unbranched alkanes of at least 4 members (excludes halogenated alkanes) is 1. The number of hydrogen-bond acceptors (Lipinski definition) is 4. The minimum absolute atomic E-state index is 0.0240. The number of pyridine rings is 1. The van der Waals surface area contributed by atoms with E-state index in [4.69, 9.17) is 0 Å². The number of nitrogens with one attached hydrogen (secondary N) is 2. The second-order valence-corrected chi connectivity index (χ2v) is 9.09. The van der Waals surface area contributed by atoms with E-state index in [9.17, 15) is 13.7 Å². The highest BCUT2D eigenvalue weighted by molar-refractivity contribution is 7.92. The van der Waals surface area contributed by atoms with Crippen molar-refractivity contribution in [2.24, 2.45) is 0 Å². The summed E-state index contributed by atoms with van der Waals surface area (Å²) in [7, 11) is 0. The molecule has 2 N–H and O–H groups in total. The number of carbonyl (C=O) groups excluding carboxylic acids is 1. The third-order valence-electron chi connectivity index (χ3n) is 5.43. The molecule has 0 spiro atoms. The van der Waals surface area contributed by atoms with Gasteiger partial charge in [-0.15, -0.1) is 0 Å². The van der Waals surface area contributed by atoms with E-state index in [1.54, 1.807) is 31.3 Å². The number of ketones is 1. The summed E-state index contributed by atoms with van der Waals surface area (Å²) >= 11 is -1.43. The maximum absolute atomic E-state index is 15.2. The Kier molecular flexibility index (Phi) is 6.76. The van der Waals surface area contributed by atoms with Crippen molar-refractivity contribution in [3.05, 3.63) is 83.2 Å². The van der Waals surface area contributed by atoms with Crippen LogP contribution in [0, 0.1) is 18.6 Å². The largest absolute Gasteiger partial charge is 0.593 e. The van der Waals surface area contributed by atoms with Crippen LogP contribution in [-0.4, -0.2) is 26.1 Å². The third kappa shape index (κ3) is 4.77. The molecule has 0 amide bonds. The molecule has 1 unspecified atom stereocenters. The second kappa shape index (κ2) is 9.72. The topological polar surface area (TPSA) is 80.8 Å². The van der Waals surface area contributed by atoms with Gasteiger partial charge in [0.2, 0.25) is 0 Å². The van der Waals surface area contributed by atoms with Crippen LogP contribution in [-0.2, 0) is 11.4 Å². The van der Waals surface area contributed by atoms with Gasteiger partial charge in [-0.1, -0.05) is 25.5 Å². The second-order valence-electron chi connectivity index (χ2n) is 7.78. The van der Waals surface area contributed by atoms with E-state index in [0.717, 1.165) is 29.5 Å². The first-order valence-electron chi connectivity index (χ1n) is 10.6. The summed E-state index contributed by atoms with van der Waals surface area (Å²) in [6.07, 6.45) is 4.77. The summed E-state index contributed by atoms with van der Waals surface area (Å²) < 4.78 is 43.5. The van der Waals surface area contributed by atoms with Gasteiger partial charge in [-0.2, -0.15) is 0 Å². The molecule has 0 aliphatic carbocycles. The minimum Gasteiger partial charge on any atom is -0.593 e. The lowest BCUT2D eigenvalue weighted by Gasteiger charge is -2.13. The Balaban J connectivity index is 1.69. The van der Waals surface area contributed by atoms with Crippen LogP contribution < -0.4 is 4.72 Å². The molecule has 0 fully saturated rings. The van der Waals surface area contributed by atoms with Crippen molar-refractivity contribution in [1.29, 1.82) is 0 Å². The zero-order chi connectivity index (χ0) is 23.5. The number of nitrogens with zero attached hydrogens (tertiary/aromatic N) is 1. The van der Waals surface area contributed by atoms with Gasteiger partial charge in [0.1, 0.15) is 22.9 Å². The molecule has 33 heavy (non-hydrogen) atoms. The van der Waals surface area contributed by atoms with E-state index >= 15 is 4.39 Å². The number of hydrogen-bond donors (Lipinski definition) is 2. The van der Waals surface area contributed by atoms with Crippen LogP contribution in [0.3, 0.4) is 0 Å². The number of carbonyl (C=O) groups is 1. The van der Waals surface area contributed by atoms with Gasteiger partial charge >= 0.3 is 0 Å². The average Bonchev–Trinajstić information content (AvgIpc) is 3.22. The lowest BCUT2D eigenvalue weighted by Crippen LogP contribution is -2.18. The fourth-order valence-electron chi connectivity index (χ4n) is 3.67. The predicted molar refractivity (Wildman–Crippen MR) is 128 cm³/mol. The summed E-state index contributed by atoms with van der Waals surface area (Å²) in [6, 6.07) is 10.7. The van der Waals surface area contributed by atoms with Crippen molar-refractivity contribution in [1.82, 2.24) is 9.97 Å². The molecule has 0 aliphatic rings. The van der Waals surface area contributed by atoms with Gasteiger partial charge in [0.05, 0.1) is 16.9 Å². The normalized spacial score (nSPS) is 12.2. The Hall–Kier alpha value is -3.23. The lowest BCUT2D eigenvalue weighted by molar-refractivity contribution is 0.103. The first-order valence-corrected chi connectivity index (χ1v) is 11.9. The van der Waals surface area contributed by atoms with Crippen LogP contribution >= 0.6 is 0 Å². The van der Waals surface area contributed by atoms with E-state index in [1.807, 2.05) is 6.92 Å². The molecular weight excluding hydrogens is 444 g/mol. The van der Waals surface area contributed by atoms with Gasteiger partial charge in [0.25, 0.3) is 0 Å². The smallest absolute Gasteiger partial charge is 0.198 e. The predicted octanol–water partition coefficient (Wildman–Crippen LogP) is 5.92. The standard InChI is InChI=1S/C25H23F2N3O2S/c1-3-4-10-33(32)30-22-7-5-6-19(23(22)27)24(31)21-14-29-25-20(21)12-16(13-28-25)18-9-8-17(26)11-15(18)2/h5-9,11-14,30H,3-4,10H2,1-2H3,(H,28,29). The molecule has 8 heteroatoms. The SMILES string of the molecule is CCCC[S+]([O-])Nc1cccc(C(=O)c2c[nH]c3ncc(-c4ccc(F)cc4C)cc23)c1F. The molecule has 0 saturated heterocycles. The van der Waals surface area contributed by atoms with Crippen molar-refractivity contribution in [3.63, 3.8) is 0 Å². The van der Waals surface area contributed by atoms with Crippen molar-refractivity contribution < 1.29 is 18.1 Å². The minimum atomic E-state index is -1.43. The van der Waals surface area contributed by atoms with E-state index in [1.165, 1.54) is 30.5 Å². The molecule has 170 valence electrons. The number of H-pyrrole nitrogens is 1. The molecule has 2 heterocycles. The number of fused-ring (bicyclic) bond motifs is 1. The zero-order valence-electron chi connectivity index (χ0n) is 18.2. The van der Waals surface area contributed by atoms with Gasteiger partial charge in [-0.25, -0.2) is 18.5 Å². The quantitative estimate of drug-likeness (QED) is 0.249. The summed E-state index contributed by atoms with van der Waals surface area (Å²) in [6.45, 7) is 3.78. The van der Waals surface area contributed by atoms with Gasteiger partial charge in [0, 0.05) is 28.9 Å². The van der Waals surface area contributed by atoms with Crippen molar-refractivity contribution in [3.8, 4) is 11.1 Å². The number of halogens is 2. The molecule has 0 aliphatic heterocycles. The van der Waals surface area contributed by atoms with Crippen LogP contribution in [0.1, 0.15) is 41.3 Å². The Labute approximate surface area is 193 Å². The molecule has 2 aromatic heterocycles. The van der Waals surface area contributed by atoms with E-state index in [0.29, 0.717) is 16.8 Å². The van der Waals surface area contributed by atoms with E-state index < -0.39 is 23.0 Å². The molecule has 0 radical (unpaired) electrons. The third-order valence-corrected chi connectivity index (χ3v) is 6.53. The maximum atomic E-state index is 15.2. The highest BCUT2D eigenvalue weighted by Crippen LogP contribution is 2.30. The molecule has 5 nitrogen and oxygen atoms in total.